The fraction of sp³-hybridized carbons (Fsp3) is 0.333. The van der Waals surface area contributed by atoms with Gasteiger partial charge in [0.05, 0.1) is 6.61 Å². The summed E-state index contributed by atoms with van der Waals surface area (Å²) < 4.78 is 0. The Hall–Kier alpha value is -1.28. The first-order valence-corrected chi connectivity index (χ1v) is 4.94. The molecule has 0 amide bonds. The maximum Gasteiger partial charge on any atom is 0.119 e. The Morgan fingerprint density at radius 1 is 1.29 bits per heavy atom. The van der Waals surface area contributed by atoms with Crippen molar-refractivity contribution in [3.63, 3.8) is 0 Å². The van der Waals surface area contributed by atoms with Crippen LogP contribution in [0.5, 0.6) is 5.75 Å². The van der Waals surface area contributed by atoms with E-state index in [0.717, 1.165) is 36.0 Å². The molecule has 1 aliphatic carbocycles. The number of fused-ring (bicyclic) bond motifs is 1. The molecule has 14 heavy (non-hydrogen) atoms. The first-order valence-electron chi connectivity index (χ1n) is 4.94. The SMILES string of the molecule is OCC=C1CCCc2c(O)cccc21. The summed E-state index contributed by atoms with van der Waals surface area (Å²) in [7, 11) is 0. The largest absolute Gasteiger partial charge is 0.508 e. The number of rotatable bonds is 1. The number of hydrogen-bond acceptors (Lipinski definition) is 2. The number of phenolic OH excluding ortho intramolecular Hbond substituents is 1. The molecule has 0 radical (unpaired) electrons. The zero-order valence-corrected chi connectivity index (χ0v) is 8.03. The van der Waals surface area contributed by atoms with Gasteiger partial charge in [0, 0.05) is 5.56 Å². The zero-order valence-electron chi connectivity index (χ0n) is 8.03. The molecule has 1 aromatic carbocycles. The van der Waals surface area contributed by atoms with Crippen LogP contribution < -0.4 is 0 Å². The van der Waals surface area contributed by atoms with Crippen molar-refractivity contribution in [2.75, 3.05) is 6.61 Å². The van der Waals surface area contributed by atoms with Crippen LogP contribution in [0.3, 0.4) is 0 Å². The Kier molecular flexibility index (Phi) is 2.55. The maximum atomic E-state index is 9.65. The van der Waals surface area contributed by atoms with E-state index in [4.69, 9.17) is 5.11 Å². The van der Waals surface area contributed by atoms with E-state index in [9.17, 15) is 5.11 Å². The van der Waals surface area contributed by atoms with Gasteiger partial charge in [-0.15, -0.1) is 0 Å². The molecule has 2 nitrogen and oxygen atoms in total. The van der Waals surface area contributed by atoms with E-state index in [-0.39, 0.29) is 6.61 Å². The Morgan fingerprint density at radius 2 is 2.14 bits per heavy atom. The van der Waals surface area contributed by atoms with Crippen LogP contribution in [0.2, 0.25) is 0 Å². The monoisotopic (exact) mass is 190 g/mol. The topological polar surface area (TPSA) is 40.5 Å². The lowest BCUT2D eigenvalue weighted by molar-refractivity contribution is 0.343. The van der Waals surface area contributed by atoms with Gasteiger partial charge in [-0.2, -0.15) is 0 Å². The van der Waals surface area contributed by atoms with E-state index < -0.39 is 0 Å². The number of aromatic hydroxyl groups is 1. The molecule has 0 aliphatic heterocycles. The molecule has 0 atom stereocenters. The average Bonchev–Trinajstić information content (AvgIpc) is 2.20. The van der Waals surface area contributed by atoms with Crippen LogP contribution in [0.1, 0.15) is 24.0 Å². The fourth-order valence-corrected chi connectivity index (χ4v) is 2.05. The molecule has 2 rings (SSSR count). The predicted molar refractivity (Wildman–Crippen MR) is 56.1 cm³/mol. The molecule has 0 heterocycles. The molecule has 0 saturated carbocycles. The van der Waals surface area contributed by atoms with Crippen LogP contribution in [0.15, 0.2) is 24.3 Å². The zero-order chi connectivity index (χ0) is 9.97. The van der Waals surface area contributed by atoms with Crippen molar-refractivity contribution in [2.24, 2.45) is 0 Å². The third-order valence-electron chi connectivity index (χ3n) is 2.71. The molecule has 1 aliphatic rings. The Bertz CT molecular complexity index is 367. The molecular formula is C12H14O2. The molecule has 0 spiro atoms. The van der Waals surface area contributed by atoms with Crippen LogP contribution in [0, 0.1) is 0 Å². The van der Waals surface area contributed by atoms with E-state index in [2.05, 4.69) is 0 Å². The van der Waals surface area contributed by atoms with Crippen molar-refractivity contribution >= 4 is 5.57 Å². The molecular weight excluding hydrogens is 176 g/mol. The highest BCUT2D eigenvalue weighted by molar-refractivity contribution is 5.71. The molecule has 0 fully saturated rings. The molecule has 0 unspecified atom stereocenters. The van der Waals surface area contributed by atoms with Crippen LogP contribution in [0.25, 0.3) is 5.57 Å². The summed E-state index contributed by atoms with van der Waals surface area (Å²) >= 11 is 0. The minimum absolute atomic E-state index is 0.0738. The lowest BCUT2D eigenvalue weighted by Gasteiger charge is -2.19. The summed E-state index contributed by atoms with van der Waals surface area (Å²) in [6, 6.07) is 5.58. The van der Waals surface area contributed by atoms with E-state index in [1.165, 1.54) is 0 Å². The Labute approximate surface area is 83.5 Å². The minimum Gasteiger partial charge on any atom is -0.508 e. The maximum absolute atomic E-state index is 9.65. The molecule has 2 N–H and O–H groups in total. The number of aliphatic hydroxyl groups excluding tert-OH is 1. The van der Waals surface area contributed by atoms with Gasteiger partial charge >= 0.3 is 0 Å². The predicted octanol–water partition coefficient (Wildman–Crippen LogP) is 2.10. The number of hydrogen-bond donors (Lipinski definition) is 2. The second-order valence-electron chi connectivity index (χ2n) is 3.57. The van der Waals surface area contributed by atoms with Crippen LogP contribution in [-0.2, 0) is 6.42 Å². The summed E-state index contributed by atoms with van der Waals surface area (Å²) in [5.41, 5.74) is 3.29. The van der Waals surface area contributed by atoms with Gasteiger partial charge in [0.15, 0.2) is 0 Å². The highest BCUT2D eigenvalue weighted by atomic mass is 16.3. The van der Waals surface area contributed by atoms with Crippen molar-refractivity contribution in [2.45, 2.75) is 19.3 Å². The molecule has 0 saturated heterocycles. The Balaban J connectivity index is 2.50. The summed E-state index contributed by atoms with van der Waals surface area (Å²) in [5, 5.41) is 18.5. The van der Waals surface area contributed by atoms with Gasteiger partial charge in [-0.3, -0.25) is 0 Å². The second-order valence-corrected chi connectivity index (χ2v) is 3.57. The Morgan fingerprint density at radius 3 is 2.93 bits per heavy atom. The van der Waals surface area contributed by atoms with Crippen molar-refractivity contribution in [1.82, 2.24) is 0 Å². The van der Waals surface area contributed by atoms with Crippen LogP contribution in [-0.4, -0.2) is 16.8 Å². The van der Waals surface area contributed by atoms with E-state index in [0.29, 0.717) is 5.75 Å². The quantitative estimate of drug-likeness (QED) is 0.712. The average molecular weight is 190 g/mol. The number of aliphatic hydroxyl groups is 1. The number of phenols is 1. The van der Waals surface area contributed by atoms with Gasteiger partial charge in [0.2, 0.25) is 0 Å². The second kappa shape index (κ2) is 3.84. The normalized spacial score (nSPS) is 18.2. The van der Waals surface area contributed by atoms with Crippen LogP contribution >= 0.6 is 0 Å². The van der Waals surface area contributed by atoms with Crippen molar-refractivity contribution in [1.29, 1.82) is 0 Å². The molecule has 1 aromatic rings. The first kappa shape index (κ1) is 9.28. The van der Waals surface area contributed by atoms with Crippen molar-refractivity contribution in [3.05, 3.63) is 35.4 Å². The third-order valence-corrected chi connectivity index (χ3v) is 2.71. The number of benzene rings is 1. The lowest BCUT2D eigenvalue weighted by atomic mass is 9.87. The summed E-state index contributed by atoms with van der Waals surface area (Å²) in [6.45, 7) is 0.0738. The van der Waals surface area contributed by atoms with Gasteiger partial charge in [0.25, 0.3) is 0 Å². The van der Waals surface area contributed by atoms with Gasteiger partial charge in [0.1, 0.15) is 5.75 Å². The van der Waals surface area contributed by atoms with E-state index in [1.54, 1.807) is 6.07 Å². The lowest BCUT2D eigenvalue weighted by Crippen LogP contribution is -2.02. The van der Waals surface area contributed by atoms with Gasteiger partial charge in [-0.25, -0.2) is 0 Å². The summed E-state index contributed by atoms with van der Waals surface area (Å²) in [5.74, 6) is 0.381. The van der Waals surface area contributed by atoms with Crippen molar-refractivity contribution < 1.29 is 10.2 Å². The molecule has 0 bridgehead atoms. The van der Waals surface area contributed by atoms with Crippen LogP contribution in [0.4, 0.5) is 0 Å². The molecule has 74 valence electrons. The van der Waals surface area contributed by atoms with Gasteiger partial charge in [-0.1, -0.05) is 18.2 Å². The minimum atomic E-state index is 0.0738. The summed E-state index contributed by atoms with van der Waals surface area (Å²) in [6.07, 6.45) is 4.82. The first-order chi connectivity index (χ1) is 6.83. The smallest absolute Gasteiger partial charge is 0.119 e. The third kappa shape index (κ3) is 1.53. The van der Waals surface area contributed by atoms with Crippen molar-refractivity contribution in [3.8, 4) is 5.75 Å². The van der Waals surface area contributed by atoms with Gasteiger partial charge < -0.3 is 10.2 Å². The molecule has 2 heteroatoms. The van der Waals surface area contributed by atoms with Gasteiger partial charge in [-0.05, 0) is 36.5 Å². The fourth-order valence-electron chi connectivity index (χ4n) is 2.05. The number of allylic oxidation sites excluding steroid dienone is 1. The highest BCUT2D eigenvalue weighted by Crippen LogP contribution is 2.35. The van der Waals surface area contributed by atoms with E-state index in [1.807, 2.05) is 18.2 Å². The standard InChI is InChI=1S/C12H14O2/c13-8-7-9-3-1-5-11-10(9)4-2-6-12(11)14/h2,4,6-7,13-14H,1,3,5,8H2. The van der Waals surface area contributed by atoms with E-state index >= 15 is 0 Å². The highest BCUT2D eigenvalue weighted by Gasteiger charge is 2.15. The summed E-state index contributed by atoms with van der Waals surface area (Å²) in [4.78, 5) is 0. The molecule has 0 aromatic heterocycles.